The molecule has 0 amide bonds. The Morgan fingerprint density at radius 2 is 2.18 bits per heavy atom. The first kappa shape index (κ1) is 13.0. The average Bonchev–Trinajstić information content (AvgIpc) is 2.37. The van der Waals surface area contributed by atoms with Gasteiger partial charge in [0.25, 0.3) is 0 Å². The zero-order valence-corrected chi connectivity index (χ0v) is 11.9. The first-order valence-corrected chi connectivity index (χ1v) is 7.77. The number of benzene rings is 1. The summed E-state index contributed by atoms with van der Waals surface area (Å²) in [4.78, 5) is 0. The molecule has 0 saturated carbocycles. The van der Waals surface area contributed by atoms with Gasteiger partial charge in [-0.3, -0.25) is 0 Å². The molecule has 1 heterocycles. The minimum atomic E-state index is 0.537. The van der Waals surface area contributed by atoms with Crippen LogP contribution in [0.4, 0.5) is 0 Å². The standard InChI is InChI=1S/C15H23NS/c1-4-8-16-15-11(3)17-10-13-7-6-12(5-2)9-14(13)15/h6-7,9,11,15-16H,4-5,8,10H2,1-3H3. The second kappa shape index (κ2) is 5.92. The summed E-state index contributed by atoms with van der Waals surface area (Å²) in [6.45, 7) is 7.93. The molecular weight excluding hydrogens is 226 g/mol. The van der Waals surface area contributed by atoms with E-state index in [-0.39, 0.29) is 0 Å². The quantitative estimate of drug-likeness (QED) is 0.868. The first-order chi connectivity index (χ1) is 8.26. The molecule has 1 aromatic rings. The average molecular weight is 249 g/mol. The summed E-state index contributed by atoms with van der Waals surface area (Å²) in [6, 6.07) is 7.56. The third-order valence-electron chi connectivity index (χ3n) is 3.54. The summed E-state index contributed by atoms with van der Waals surface area (Å²) in [5, 5.41) is 4.39. The molecule has 94 valence electrons. The lowest BCUT2D eigenvalue weighted by molar-refractivity contribution is 0.520. The fourth-order valence-electron chi connectivity index (χ4n) is 2.43. The molecule has 0 aliphatic carbocycles. The van der Waals surface area contributed by atoms with E-state index in [9.17, 15) is 0 Å². The molecule has 1 aliphatic heterocycles. The highest BCUT2D eigenvalue weighted by atomic mass is 32.2. The van der Waals surface area contributed by atoms with Crippen molar-refractivity contribution in [3.63, 3.8) is 0 Å². The number of hydrogen-bond donors (Lipinski definition) is 1. The Hall–Kier alpha value is -0.470. The molecular formula is C15H23NS. The van der Waals surface area contributed by atoms with Crippen LogP contribution < -0.4 is 5.32 Å². The summed E-state index contributed by atoms with van der Waals surface area (Å²) in [6.07, 6.45) is 2.34. The molecule has 2 unspecified atom stereocenters. The predicted molar refractivity (Wildman–Crippen MR) is 77.6 cm³/mol. The van der Waals surface area contributed by atoms with Crippen LogP contribution in [0, 0.1) is 0 Å². The molecule has 0 aromatic heterocycles. The van der Waals surface area contributed by atoms with Crippen molar-refractivity contribution in [1.29, 1.82) is 0 Å². The lowest BCUT2D eigenvalue weighted by Crippen LogP contribution is -2.32. The van der Waals surface area contributed by atoms with Crippen LogP contribution in [0.15, 0.2) is 18.2 Å². The van der Waals surface area contributed by atoms with Crippen LogP contribution in [-0.2, 0) is 12.2 Å². The van der Waals surface area contributed by atoms with E-state index in [1.807, 2.05) is 0 Å². The van der Waals surface area contributed by atoms with Crippen molar-refractivity contribution < 1.29 is 0 Å². The molecule has 0 bridgehead atoms. The van der Waals surface area contributed by atoms with Gasteiger partial charge >= 0.3 is 0 Å². The second-order valence-electron chi connectivity index (χ2n) is 4.83. The van der Waals surface area contributed by atoms with Gasteiger partial charge in [0, 0.05) is 17.0 Å². The number of hydrogen-bond acceptors (Lipinski definition) is 2. The summed E-state index contributed by atoms with van der Waals surface area (Å²) < 4.78 is 0. The molecule has 2 rings (SSSR count). The molecule has 1 aromatic carbocycles. The summed E-state index contributed by atoms with van der Waals surface area (Å²) in [5.74, 6) is 1.17. The maximum absolute atomic E-state index is 3.71. The van der Waals surface area contributed by atoms with E-state index in [0.717, 1.165) is 13.0 Å². The highest BCUT2D eigenvalue weighted by molar-refractivity contribution is 7.99. The van der Waals surface area contributed by atoms with E-state index in [2.05, 4.69) is 56.0 Å². The lowest BCUT2D eigenvalue weighted by atomic mass is 9.95. The van der Waals surface area contributed by atoms with E-state index in [4.69, 9.17) is 0 Å². The lowest BCUT2D eigenvalue weighted by Gasteiger charge is -2.32. The van der Waals surface area contributed by atoms with Crippen LogP contribution in [-0.4, -0.2) is 11.8 Å². The Kier molecular flexibility index (Phi) is 4.52. The van der Waals surface area contributed by atoms with Crippen molar-refractivity contribution in [2.45, 2.75) is 50.7 Å². The number of fused-ring (bicyclic) bond motifs is 1. The number of aryl methyl sites for hydroxylation is 1. The highest BCUT2D eigenvalue weighted by Gasteiger charge is 2.26. The molecule has 0 saturated heterocycles. The van der Waals surface area contributed by atoms with E-state index in [0.29, 0.717) is 11.3 Å². The van der Waals surface area contributed by atoms with Gasteiger partial charge in [-0.25, -0.2) is 0 Å². The summed E-state index contributed by atoms with van der Waals surface area (Å²) >= 11 is 2.07. The minimum absolute atomic E-state index is 0.537. The maximum atomic E-state index is 3.71. The van der Waals surface area contributed by atoms with Crippen LogP contribution >= 0.6 is 11.8 Å². The second-order valence-corrected chi connectivity index (χ2v) is 6.20. The number of nitrogens with one attached hydrogen (secondary N) is 1. The van der Waals surface area contributed by atoms with E-state index in [1.54, 1.807) is 5.56 Å². The third-order valence-corrected chi connectivity index (χ3v) is 4.81. The van der Waals surface area contributed by atoms with Gasteiger partial charge in [0.1, 0.15) is 0 Å². The Morgan fingerprint density at radius 1 is 1.35 bits per heavy atom. The van der Waals surface area contributed by atoms with Crippen molar-refractivity contribution >= 4 is 11.8 Å². The van der Waals surface area contributed by atoms with E-state index < -0.39 is 0 Å². The Balaban J connectivity index is 2.27. The summed E-state index contributed by atoms with van der Waals surface area (Å²) in [5.41, 5.74) is 4.54. The molecule has 17 heavy (non-hydrogen) atoms. The minimum Gasteiger partial charge on any atom is -0.309 e. The molecule has 1 nitrogen and oxygen atoms in total. The van der Waals surface area contributed by atoms with Gasteiger partial charge < -0.3 is 5.32 Å². The smallest absolute Gasteiger partial charge is 0.0441 e. The van der Waals surface area contributed by atoms with Crippen molar-refractivity contribution in [2.75, 3.05) is 6.54 Å². The van der Waals surface area contributed by atoms with Crippen molar-refractivity contribution in [3.8, 4) is 0 Å². The molecule has 0 fully saturated rings. The van der Waals surface area contributed by atoms with Crippen molar-refractivity contribution in [1.82, 2.24) is 5.32 Å². The normalized spacial score (nSPS) is 23.5. The molecule has 1 N–H and O–H groups in total. The van der Waals surface area contributed by atoms with Gasteiger partial charge in [0.05, 0.1) is 0 Å². The van der Waals surface area contributed by atoms with Gasteiger partial charge in [0.2, 0.25) is 0 Å². The fourth-order valence-corrected chi connectivity index (χ4v) is 3.57. The topological polar surface area (TPSA) is 12.0 Å². The molecule has 0 spiro atoms. The van der Waals surface area contributed by atoms with Gasteiger partial charge in [-0.05, 0) is 36.1 Å². The third kappa shape index (κ3) is 2.86. The van der Waals surface area contributed by atoms with E-state index in [1.165, 1.54) is 23.3 Å². The van der Waals surface area contributed by atoms with Crippen LogP contribution in [0.1, 0.15) is 49.9 Å². The Bertz CT molecular complexity index is 375. The van der Waals surface area contributed by atoms with Crippen LogP contribution in [0.3, 0.4) is 0 Å². The molecule has 1 aliphatic rings. The maximum Gasteiger partial charge on any atom is 0.0441 e. The Labute approximate surface area is 109 Å². The zero-order valence-electron chi connectivity index (χ0n) is 11.1. The summed E-state index contributed by atoms with van der Waals surface area (Å²) in [7, 11) is 0. The van der Waals surface area contributed by atoms with E-state index >= 15 is 0 Å². The fraction of sp³-hybridized carbons (Fsp3) is 0.600. The van der Waals surface area contributed by atoms with Gasteiger partial charge in [-0.1, -0.05) is 39.0 Å². The SMILES string of the molecule is CCCNC1c2cc(CC)ccc2CSC1C. The molecule has 2 atom stereocenters. The monoisotopic (exact) mass is 249 g/mol. The van der Waals surface area contributed by atoms with Crippen molar-refractivity contribution in [2.24, 2.45) is 0 Å². The van der Waals surface area contributed by atoms with Crippen LogP contribution in [0.5, 0.6) is 0 Å². The number of thioether (sulfide) groups is 1. The van der Waals surface area contributed by atoms with Crippen molar-refractivity contribution in [3.05, 3.63) is 34.9 Å². The van der Waals surface area contributed by atoms with Gasteiger partial charge in [-0.2, -0.15) is 11.8 Å². The van der Waals surface area contributed by atoms with Crippen LogP contribution in [0.2, 0.25) is 0 Å². The number of rotatable bonds is 4. The van der Waals surface area contributed by atoms with Crippen LogP contribution in [0.25, 0.3) is 0 Å². The zero-order chi connectivity index (χ0) is 12.3. The predicted octanol–water partition coefficient (Wildman–Crippen LogP) is 3.93. The van der Waals surface area contributed by atoms with Gasteiger partial charge in [-0.15, -0.1) is 0 Å². The van der Waals surface area contributed by atoms with Gasteiger partial charge in [0.15, 0.2) is 0 Å². The molecule has 0 radical (unpaired) electrons. The highest BCUT2D eigenvalue weighted by Crippen LogP contribution is 2.37. The largest absolute Gasteiger partial charge is 0.309 e. The Morgan fingerprint density at radius 3 is 2.88 bits per heavy atom. The molecule has 2 heteroatoms. The first-order valence-electron chi connectivity index (χ1n) is 6.73.